The molecule has 2 rings (SSSR count). The summed E-state index contributed by atoms with van der Waals surface area (Å²) in [5.74, 6) is 1.20. The standard InChI is InChI=1S/C16H19N3OS/c1-10-5-6-13(11(7-10)16(2,3)4)20-14-9-18-12(8-19-14)15(17)21/h5-9H,1-4H3,(H2,17,21). The van der Waals surface area contributed by atoms with Gasteiger partial charge in [0.05, 0.1) is 12.4 Å². The first kappa shape index (κ1) is 15.4. The molecular formula is C16H19N3OS. The van der Waals surface area contributed by atoms with Crippen LogP contribution in [0.2, 0.25) is 0 Å². The third-order valence-corrected chi connectivity index (χ3v) is 3.25. The zero-order valence-electron chi connectivity index (χ0n) is 12.7. The first-order valence-electron chi connectivity index (χ1n) is 6.68. The second-order valence-corrected chi connectivity index (χ2v) is 6.40. The molecule has 2 N–H and O–H groups in total. The molecule has 4 nitrogen and oxygen atoms in total. The van der Waals surface area contributed by atoms with Crippen LogP contribution >= 0.6 is 12.2 Å². The Balaban J connectivity index is 2.33. The van der Waals surface area contributed by atoms with Gasteiger partial charge in [0, 0.05) is 5.56 Å². The third kappa shape index (κ3) is 3.76. The van der Waals surface area contributed by atoms with E-state index >= 15 is 0 Å². The maximum absolute atomic E-state index is 5.87. The van der Waals surface area contributed by atoms with E-state index in [-0.39, 0.29) is 10.4 Å². The largest absolute Gasteiger partial charge is 0.437 e. The molecule has 0 spiro atoms. The van der Waals surface area contributed by atoms with Gasteiger partial charge in [0.2, 0.25) is 5.88 Å². The molecule has 21 heavy (non-hydrogen) atoms. The second-order valence-electron chi connectivity index (χ2n) is 5.96. The SMILES string of the molecule is Cc1ccc(Oc2cnc(C(N)=S)cn2)c(C(C)(C)C)c1. The van der Waals surface area contributed by atoms with Crippen LogP contribution in [0.3, 0.4) is 0 Å². The lowest BCUT2D eigenvalue weighted by Crippen LogP contribution is -2.13. The lowest BCUT2D eigenvalue weighted by atomic mass is 9.85. The van der Waals surface area contributed by atoms with Crippen molar-refractivity contribution in [2.75, 3.05) is 0 Å². The Hall–Kier alpha value is -2.01. The normalized spacial score (nSPS) is 11.2. The molecule has 0 aliphatic heterocycles. The summed E-state index contributed by atoms with van der Waals surface area (Å²) < 4.78 is 5.87. The molecule has 5 heteroatoms. The van der Waals surface area contributed by atoms with Gasteiger partial charge < -0.3 is 10.5 Å². The molecule has 1 aromatic carbocycles. The van der Waals surface area contributed by atoms with Gasteiger partial charge in [0.25, 0.3) is 0 Å². The predicted octanol–water partition coefficient (Wildman–Crippen LogP) is 3.51. The minimum absolute atomic E-state index is 0.0203. The molecule has 0 atom stereocenters. The number of nitrogens with zero attached hydrogens (tertiary/aromatic N) is 2. The van der Waals surface area contributed by atoms with Crippen LogP contribution in [-0.2, 0) is 5.41 Å². The van der Waals surface area contributed by atoms with Gasteiger partial charge in [-0.05, 0) is 18.4 Å². The zero-order chi connectivity index (χ0) is 15.6. The highest BCUT2D eigenvalue weighted by Crippen LogP contribution is 2.34. The van der Waals surface area contributed by atoms with Crippen molar-refractivity contribution in [1.29, 1.82) is 0 Å². The average Bonchev–Trinajstić information content (AvgIpc) is 2.40. The molecule has 0 saturated heterocycles. The minimum atomic E-state index is -0.0203. The summed E-state index contributed by atoms with van der Waals surface area (Å²) in [4.78, 5) is 8.54. The minimum Gasteiger partial charge on any atom is -0.437 e. The van der Waals surface area contributed by atoms with E-state index in [1.54, 1.807) is 0 Å². The van der Waals surface area contributed by atoms with Crippen molar-refractivity contribution in [2.45, 2.75) is 33.1 Å². The Labute approximate surface area is 130 Å². The number of hydrogen-bond donors (Lipinski definition) is 1. The molecule has 0 bridgehead atoms. The highest BCUT2D eigenvalue weighted by atomic mass is 32.1. The highest BCUT2D eigenvalue weighted by molar-refractivity contribution is 7.80. The van der Waals surface area contributed by atoms with Crippen molar-refractivity contribution < 1.29 is 4.74 Å². The molecule has 1 aromatic heterocycles. The van der Waals surface area contributed by atoms with Crippen LogP contribution in [-0.4, -0.2) is 15.0 Å². The van der Waals surface area contributed by atoms with Crippen molar-refractivity contribution in [1.82, 2.24) is 9.97 Å². The molecule has 110 valence electrons. The predicted molar refractivity (Wildman–Crippen MR) is 87.9 cm³/mol. The van der Waals surface area contributed by atoms with E-state index in [2.05, 4.69) is 43.7 Å². The molecule has 2 aromatic rings. The average molecular weight is 301 g/mol. The van der Waals surface area contributed by atoms with Gasteiger partial charge in [0.15, 0.2) is 0 Å². The van der Waals surface area contributed by atoms with E-state index < -0.39 is 0 Å². The fraction of sp³-hybridized carbons (Fsp3) is 0.312. The van der Waals surface area contributed by atoms with Crippen LogP contribution in [0, 0.1) is 6.92 Å². The second kappa shape index (κ2) is 5.77. The van der Waals surface area contributed by atoms with Crippen molar-refractivity contribution in [3.05, 3.63) is 47.4 Å². The lowest BCUT2D eigenvalue weighted by Gasteiger charge is -2.23. The Morgan fingerprint density at radius 1 is 1.19 bits per heavy atom. The molecule has 0 radical (unpaired) electrons. The number of ether oxygens (including phenoxy) is 1. The first-order chi connectivity index (χ1) is 9.77. The van der Waals surface area contributed by atoms with Crippen molar-refractivity contribution in [3.63, 3.8) is 0 Å². The number of rotatable bonds is 3. The highest BCUT2D eigenvalue weighted by Gasteiger charge is 2.19. The summed E-state index contributed by atoms with van der Waals surface area (Å²) in [6.07, 6.45) is 3.05. The van der Waals surface area contributed by atoms with Crippen molar-refractivity contribution >= 4 is 17.2 Å². The van der Waals surface area contributed by atoms with E-state index in [0.29, 0.717) is 11.6 Å². The fourth-order valence-corrected chi connectivity index (χ4v) is 2.03. The maximum atomic E-state index is 5.87. The van der Waals surface area contributed by atoms with Gasteiger partial charge in [-0.1, -0.05) is 50.7 Å². The Morgan fingerprint density at radius 3 is 2.43 bits per heavy atom. The summed E-state index contributed by atoms with van der Waals surface area (Å²) in [6.45, 7) is 8.51. The molecule has 0 saturated carbocycles. The molecular weight excluding hydrogens is 282 g/mol. The fourth-order valence-electron chi connectivity index (χ4n) is 1.93. The van der Waals surface area contributed by atoms with Crippen LogP contribution in [0.5, 0.6) is 11.6 Å². The zero-order valence-corrected chi connectivity index (χ0v) is 13.5. The van der Waals surface area contributed by atoms with E-state index in [1.165, 1.54) is 18.0 Å². The van der Waals surface area contributed by atoms with Crippen LogP contribution < -0.4 is 10.5 Å². The van der Waals surface area contributed by atoms with Gasteiger partial charge in [-0.2, -0.15) is 0 Å². The summed E-state index contributed by atoms with van der Waals surface area (Å²) >= 11 is 4.85. The number of aromatic nitrogens is 2. The Bertz CT molecular complexity index is 660. The molecule has 0 aliphatic carbocycles. The van der Waals surface area contributed by atoms with Crippen LogP contribution in [0.1, 0.15) is 37.6 Å². The smallest absolute Gasteiger partial charge is 0.237 e. The lowest BCUT2D eigenvalue weighted by molar-refractivity contribution is 0.437. The topological polar surface area (TPSA) is 61.0 Å². The molecule has 0 amide bonds. The Morgan fingerprint density at radius 2 is 1.90 bits per heavy atom. The number of aryl methyl sites for hydroxylation is 1. The molecule has 0 aliphatic rings. The molecule has 0 fully saturated rings. The van der Waals surface area contributed by atoms with E-state index in [4.69, 9.17) is 22.7 Å². The van der Waals surface area contributed by atoms with Crippen molar-refractivity contribution in [2.24, 2.45) is 5.73 Å². The third-order valence-electron chi connectivity index (χ3n) is 3.04. The summed E-state index contributed by atoms with van der Waals surface area (Å²) in [6, 6.07) is 6.10. The van der Waals surface area contributed by atoms with Gasteiger partial charge in [-0.25, -0.2) is 9.97 Å². The van der Waals surface area contributed by atoms with Crippen LogP contribution in [0.25, 0.3) is 0 Å². The number of nitrogens with two attached hydrogens (primary N) is 1. The van der Waals surface area contributed by atoms with Gasteiger partial charge in [-0.3, -0.25) is 0 Å². The molecule has 0 unspecified atom stereocenters. The summed E-state index contributed by atoms with van der Waals surface area (Å²) in [7, 11) is 0. The Kier molecular flexibility index (Phi) is 4.23. The van der Waals surface area contributed by atoms with Gasteiger partial charge in [-0.15, -0.1) is 0 Å². The maximum Gasteiger partial charge on any atom is 0.237 e. The van der Waals surface area contributed by atoms with Crippen LogP contribution in [0.4, 0.5) is 0 Å². The van der Waals surface area contributed by atoms with E-state index in [1.807, 2.05) is 12.1 Å². The van der Waals surface area contributed by atoms with Gasteiger partial charge in [0.1, 0.15) is 16.4 Å². The summed E-state index contributed by atoms with van der Waals surface area (Å²) in [5, 5.41) is 0. The molecule has 1 heterocycles. The number of thiocarbonyl (C=S) groups is 1. The number of benzene rings is 1. The quantitative estimate of drug-likeness (QED) is 0.879. The first-order valence-corrected chi connectivity index (χ1v) is 7.09. The van der Waals surface area contributed by atoms with Crippen molar-refractivity contribution in [3.8, 4) is 11.6 Å². The monoisotopic (exact) mass is 301 g/mol. The van der Waals surface area contributed by atoms with Crippen LogP contribution in [0.15, 0.2) is 30.6 Å². The van der Waals surface area contributed by atoms with E-state index in [0.717, 1.165) is 11.3 Å². The summed E-state index contributed by atoms with van der Waals surface area (Å²) in [5.41, 5.74) is 8.29. The number of hydrogen-bond acceptors (Lipinski definition) is 4. The van der Waals surface area contributed by atoms with Gasteiger partial charge >= 0.3 is 0 Å². The van der Waals surface area contributed by atoms with E-state index in [9.17, 15) is 0 Å².